The molecule has 1 heterocycles. The van der Waals surface area contributed by atoms with Gasteiger partial charge < -0.3 is 20.1 Å². The molecule has 0 amide bonds. The lowest BCUT2D eigenvalue weighted by atomic mass is 9.82. The number of unbranched alkanes of at least 4 members (excludes halogenated alkanes) is 2. The van der Waals surface area contributed by atoms with Crippen LogP contribution in [-0.4, -0.2) is 37.7 Å². The van der Waals surface area contributed by atoms with Gasteiger partial charge in [-0.25, -0.2) is 9.59 Å². The van der Waals surface area contributed by atoms with Crippen molar-refractivity contribution < 1.29 is 19.4 Å². The van der Waals surface area contributed by atoms with Crippen LogP contribution in [0.4, 0.5) is 5.69 Å². The zero-order valence-corrected chi connectivity index (χ0v) is 18.7. The van der Waals surface area contributed by atoms with E-state index in [-0.39, 0.29) is 12.2 Å². The van der Waals surface area contributed by atoms with Crippen molar-refractivity contribution >= 4 is 17.6 Å². The summed E-state index contributed by atoms with van der Waals surface area (Å²) in [5.74, 6) is -1.86. The van der Waals surface area contributed by atoms with E-state index in [0.717, 1.165) is 30.5 Å². The molecule has 1 aromatic carbocycles. The van der Waals surface area contributed by atoms with Gasteiger partial charge in [0.15, 0.2) is 0 Å². The van der Waals surface area contributed by atoms with E-state index in [0.29, 0.717) is 29.8 Å². The van der Waals surface area contributed by atoms with E-state index >= 15 is 0 Å². The molecule has 1 atom stereocenters. The summed E-state index contributed by atoms with van der Waals surface area (Å²) in [6.07, 6.45) is 4.14. The molecule has 0 aromatic heterocycles. The number of carboxylic acids is 1. The number of dihydropyridines is 1. The van der Waals surface area contributed by atoms with Crippen molar-refractivity contribution in [2.24, 2.45) is 5.92 Å². The third-order valence-electron chi connectivity index (χ3n) is 5.50. The molecular formula is C24H34N2O4. The van der Waals surface area contributed by atoms with Crippen LogP contribution in [0.2, 0.25) is 0 Å². The maximum absolute atomic E-state index is 12.9. The third-order valence-corrected chi connectivity index (χ3v) is 5.50. The zero-order chi connectivity index (χ0) is 22.3. The fourth-order valence-corrected chi connectivity index (χ4v) is 3.87. The molecule has 1 aliphatic rings. The average Bonchev–Trinajstić information content (AvgIpc) is 2.67. The fraction of sp³-hybridized carbons (Fsp3) is 0.500. The molecule has 0 radical (unpaired) electrons. The van der Waals surface area contributed by atoms with Crippen molar-refractivity contribution in [2.45, 2.75) is 52.9 Å². The Bertz CT molecular complexity index is 822. The molecule has 6 heteroatoms. The maximum Gasteiger partial charge on any atom is 0.336 e. The first-order chi connectivity index (χ1) is 14.3. The number of esters is 1. The predicted molar refractivity (Wildman–Crippen MR) is 119 cm³/mol. The highest BCUT2D eigenvalue weighted by atomic mass is 16.5. The quantitative estimate of drug-likeness (QED) is 0.440. The number of nitrogens with one attached hydrogen (secondary N) is 1. The summed E-state index contributed by atoms with van der Waals surface area (Å²) >= 11 is 0. The van der Waals surface area contributed by atoms with Crippen molar-refractivity contribution in [1.29, 1.82) is 0 Å². The Morgan fingerprint density at radius 2 is 1.70 bits per heavy atom. The van der Waals surface area contributed by atoms with Crippen LogP contribution in [0, 0.1) is 5.92 Å². The van der Waals surface area contributed by atoms with Gasteiger partial charge in [-0.05, 0) is 38.0 Å². The average molecular weight is 415 g/mol. The smallest absolute Gasteiger partial charge is 0.336 e. The number of hydrogen-bond acceptors (Lipinski definition) is 5. The van der Waals surface area contributed by atoms with E-state index in [1.165, 1.54) is 0 Å². The Balaban J connectivity index is 2.08. The second-order valence-electron chi connectivity index (χ2n) is 8.00. The van der Waals surface area contributed by atoms with Crippen LogP contribution in [0.5, 0.6) is 0 Å². The summed E-state index contributed by atoms with van der Waals surface area (Å²) < 4.78 is 5.57. The molecule has 0 fully saturated rings. The number of hydrogen-bond donors (Lipinski definition) is 2. The first-order valence-electron chi connectivity index (χ1n) is 10.6. The Morgan fingerprint density at radius 3 is 2.27 bits per heavy atom. The Morgan fingerprint density at radius 1 is 1.07 bits per heavy atom. The number of allylic oxidation sites excluding steroid dienone is 2. The van der Waals surface area contributed by atoms with Crippen molar-refractivity contribution in [3.8, 4) is 0 Å². The van der Waals surface area contributed by atoms with Crippen molar-refractivity contribution in [3.63, 3.8) is 0 Å². The molecule has 2 rings (SSSR count). The van der Waals surface area contributed by atoms with Crippen LogP contribution in [0.25, 0.3) is 0 Å². The molecular weight excluding hydrogens is 380 g/mol. The largest absolute Gasteiger partial charge is 0.478 e. The number of carboxylic acid groups (broad SMARTS) is 1. The maximum atomic E-state index is 12.9. The van der Waals surface area contributed by atoms with Gasteiger partial charge in [0.05, 0.1) is 17.8 Å². The molecule has 0 spiro atoms. The number of benzene rings is 1. The van der Waals surface area contributed by atoms with Crippen LogP contribution >= 0.6 is 0 Å². The second kappa shape index (κ2) is 10.9. The van der Waals surface area contributed by atoms with Crippen molar-refractivity contribution in [1.82, 2.24) is 5.32 Å². The van der Waals surface area contributed by atoms with E-state index in [9.17, 15) is 14.7 Å². The lowest BCUT2D eigenvalue weighted by molar-refractivity contribution is -0.139. The number of ether oxygens (including phenoxy) is 1. The summed E-state index contributed by atoms with van der Waals surface area (Å²) in [6, 6.07) is 8.12. The van der Waals surface area contributed by atoms with Gasteiger partial charge in [-0.1, -0.05) is 38.3 Å². The molecule has 30 heavy (non-hydrogen) atoms. The topological polar surface area (TPSA) is 78.9 Å². The highest BCUT2D eigenvalue weighted by Gasteiger charge is 2.35. The summed E-state index contributed by atoms with van der Waals surface area (Å²) in [7, 11) is 3.98. The molecule has 6 nitrogen and oxygen atoms in total. The summed E-state index contributed by atoms with van der Waals surface area (Å²) in [5.41, 5.74) is 4.18. The van der Waals surface area contributed by atoms with Crippen LogP contribution in [-0.2, 0) is 20.7 Å². The number of anilines is 1. The first-order valence-corrected chi connectivity index (χ1v) is 10.6. The third kappa shape index (κ3) is 5.88. The number of aliphatic carboxylic acids is 1. The molecule has 1 aliphatic heterocycles. The van der Waals surface area contributed by atoms with Crippen LogP contribution < -0.4 is 10.2 Å². The molecule has 164 valence electrons. The molecule has 0 saturated heterocycles. The normalized spacial score (nSPS) is 16.4. The summed E-state index contributed by atoms with van der Waals surface area (Å²) in [6.45, 7) is 5.91. The van der Waals surface area contributed by atoms with Gasteiger partial charge in [0.1, 0.15) is 0 Å². The molecule has 1 aromatic rings. The molecule has 0 bridgehead atoms. The summed E-state index contributed by atoms with van der Waals surface area (Å²) in [4.78, 5) is 26.8. The van der Waals surface area contributed by atoms with Gasteiger partial charge >= 0.3 is 11.9 Å². The Hall–Kier alpha value is -2.76. The zero-order valence-electron chi connectivity index (χ0n) is 18.7. The van der Waals surface area contributed by atoms with E-state index < -0.39 is 17.9 Å². The summed E-state index contributed by atoms with van der Waals surface area (Å²) in [5, 5.41) is 12.8. The lowest BCUT2D eigenvalue weighted by Gasteiger charge is -2.29. The Kier molecular flexibility index (Phi) is 8.51. The van der Waals surface area contributed by atoms with Gasteiger partial charge in [-0.15, -0.1) is 0 Å². The van der Waals surface area contributed by atoms with Gasteiger partial charge in [0.2, 0.25) is 0 Å². The van der Waals surface area contributed by atoms with E-state index in [4.69, 9.17) is 4.74 Å². The van der Waals surface area contributed by atoms with E-state index in [1.807, 2.05) is 50.2 Å². The fourth-order valence-electron chi connectivity index (χ4n) is 3.87. The number of nitrogens with zero attached hydrogens (tertiary/aromatic N) is 1. The van der Waals surface area contributed by atoms with Crippen LogP contribution in [0.1, 0.15) is 52.0 Å². The number of carbonyl (C=O) groups is 2. The molecule has 0 aliphatic carbocycles. The highest BCUT2D eigenvalue weighted by Crippen LogP contribution is 2.34. The minimum Gasteiger partial charge on any atom is -0.478 e. The second-order valence-corrected chi connectivity index (χ2v) is 8.00. The number of rotatable bonds is 10. The van der Waals surface area contributed by atoms with E-state index in [1.54, 1.807) is 6.92 Å². The monoisotopic (exact) mass is 414 g/mol. The first kappa shape index (κ1) is 23.5. The predicted octanol–water partition coefficient (Wildman–Crippen LogP) is 4.27. The van der Waals surface area contributed by atoms with Crippen LogP contribution in [0.15, 0.2) is 46.8 Å². The lowest BCUT2D eigenvalue weighted by Crippen LogP contribution is -2.33. The van der Waals surface area contributed by atoms with Crippen molar-refractivity contribution in [3.05, 3.63) is 52.4 Å². The van der Waals surface area contributed by atoms with Crippen LogP contribution in [0.3, 0.4) is 0 Å². The van der Waals surface area contributed by atoms with Gasteiger partial charge in [0.25, 0.3) is 0 Å². The standard InChI is InChI=1S/C24H34N2O4/c1-6-7-8-9-20-21(23(27)28)16(2)25-17(3)22(20)24(29)30-15-14-18-10-12-19(13-11-18)26(4)5/h10-13,20,25H,6-9,14-15H2,1-5H3,(H,27,28). The molecule has 2 N–H and O–H groups in total. The van der Waals surface area contributed by atoms with Gasteiger partial charge in [0, 0.05) is 43.5 Å². The molecule has 0 saturated carbocycles. The SMILES string of the molecule is CCCCCC1C(C(=O)O)=C(C)NC(C)=C1C(=O)OCCc1ccc(N(C)C)cc1. The van der Waals surface area contributed by atoms with E-state index in [2.05, 4.69) is 12.2 Å². The minimum absolute atomic E-state index is 0.254. The van der Waals surface area contributed by atoms with Crippen molar-refractivity contribution in [2.75, 3.05) is 25.6 Å². The van der Waals surface area contributed by atoms with Gasteiger partial charge in [-0.3, -0.25) is 0 Å². The number of carbonyl (C=O) groups excluding carboxylic acids is 1. The van der Waals surface area contributed by atoms with Gasteiger partial charge in [-0.2, -0.15) is 0 Å². The minimum atomic E-state index is -0.986. The highest BCUT2D eigenvalue weighted by molar-refractivity contribution is 5.97. The molecule has 1 unspecified atom stereocenters. The Labute approximate surface area is 179 Å².